The van der Waals surface area contributed by atoms with Gasteiger partial charge in [-0.15, -0.1) is 10.2 Å². The van der Waals surface area contributed by atoms with Gasteiger partial charge in [-0.25, -0.2) is 19.0 Å². The molecule has 0 saturated carbocycles. The summed E-state index contributed by atoms with van der Waals surface area (Å²) in [5, 5.41) is 31.9. The highest BCUT2D eigenvalue weighted by Crippen LogP contribution is 2.43. The molecule has 0 saturated heterocycles. The Hall–Kier alpha value is -7.96. The number of amides is 4. The van der Waals surface area contributed by atoms with Gasteiger partial charge in [-0.2, -0.15) is 0 Å². The van der Waals surface area contributed by atoms with Crippen LogP contribution in [0.5, 0.6) is 0 Å². The minimum absolute atomic E-state index is 0.224. The lowest BCUT2D eigenvalue weighted by atomic mass is 9.90. The van der Waals surface area contributed by atoms with Gasteiger partial charge in [-0.1, -0.05) is 93.5 Å². The van der Waals surface area contributed by atoms with Crippen molar-refractivity contribution in [3.63, 3.8) is 0 Å². The zero-order valence-corrected chi connectivity index (χ0v) is 38.1. The summed E-state index contributed by atoms with van der Waals surface area (Å²) in [5.74, 6) is 1.47. The summed E-state index contributed by atoms with van der Waals surface area (Å²) < 4.78 is 26.1. The topological polar surface area (TPSA) is 197 Å². The average molecular weight is 915 g/mol. The van der Waals surface area contributed by atoms with E-state index in [-0.39, 0.29) is 37.2 Å². The summed E-state index contributed by atoms with van der Waals surface area (Å²) in [5.41, 5.74) is 12.1. The van der Waals surface area contributed by atoms with E-state index in [1.165, 1.54) is 0 Å². The summed E-state index contributed by atoms with van der Waals surface area (Å²) in [6, 6.07) is 30.8. The van der Waals surface area contributed by atoms with Crippen molar-refractivity contribution in [2.24, 2.45) is 0 Å². The molecule has 10 rings (SSSR count). The molecule has 0 bridgehead atoms. The third-order valence-corrected chi connectivity index (χ3v) is 12.3. The summed E-state index contributed by atoms with van der Waals surface area (Å²) in [4.78, 5) is 30.9. The quantitative estimate of drug-likeness (QED) is 0.0829. The molecule has 0 fully saturated rings. The molecule has 2 aliphatic rings. The standard InChI is InChI=1S/C50H50N12O6/c1-31-45(33(3)67-55-31)37-15-17-43-41(25-37)47(35-11-7-5-8-12-35)61(49(63)51-43)29-39-27-59(57-53-39)19-21-65-23-24-66-22-20-60-28-40(54-58-60)30-62-48(36-13-9-6-10-14-36)42-26-38(16-18-44(42)52-50(62)64)46-32(2)56-68-34(46)4/h5-18,25-28,47-48H,19-24,29-30H2,1-4H3,(H,51,63)(H,52,64). The minimum atomic E-state index is -0.370. The maximum atomic E-state index is 13.7. The molecule has 68 heavy (non-hydrogen) atoms. The molecule has 8 aromatic rings. The summed E-state index contributed by atoms with van der Waals surface area (Å²) >= 11 is 0. The van der Waals surface area contributed by atoms with E-state index in [4.69, 9.17) is 18.5 Å². The first-order valence-corrected chi connectivity index (χ1v) is 22.5. The van der Waals surface area contributed by atoms with E-state index in [9.17, 15) is 9.59 Å². The Morgan fingerprint density at radius 1 is 0.559 bits per heavy atom. The Kier molecular flexibility index (Phi) is 12.3. The van der Waals surface area contributed by atoms with E-state index >= 15 is 0 Å². The van der Waals surface area contributed by atoms with Gasteiger partial charge in [0.25, 0.3) is 0 Å². The van der Waals surface area contributed by atoms with Gasteiger partial charge >= 0.3 is 12.1 Å². The van der Waals surface area contributed by atoms with Gasteiger partial charge in [-0.05, 0) is 74.2 Å². The van der Waals surface area contributed by atoms with E-state index < -0.39 is 0 Å². The molecule has 2 atom stereocenters. The first-order valence-electron chi connectivity index (χ1n) is 22.5. The number of hydrogen-bond donors (Lipinski definition) is 2. The summed E-state index contributed by atoms with van der Waals surface area (Å²) in [7, 11) is 0. The lowest BCUT2D eigenvalue weighted by Gasteiger charge is -2.37. The molecular weight excluding hydrogens is 865 g/mol. The molecular formula is C50H50N12O6. The average Bonchev–Trinajstić information content (AvgIpc) is 4.15. The number of hydrogen-bond acceptors (Lipinski definition) is 12. The molecule has 4 amide bonds. The third-order valence-electron chi connectivity index (χ3n) is 12.3. The maximum absolute atomic E-state index is 13.7. The predicted molar refractivity (Wildman–Crippen MR) is 250 cm³/mol. The normalized spacial score (nSPS) is 15.6. The fourth-order valence-electron chi connectivity index (χ4n) is 9.19. The van der Waals surface area contributed by atoms with Crippen LogP contribution in [0.1, 0.15) is 68.6 Å². The lowest BCUT2D eigenvalue weighted by molar-refractivity contribution is 0.0402. The number of nitrogens with one attached hydrogen (secondary N) is 2. The number of anilines is 2. The van der Waals surface area contributed by atoms with Gasteiger partial charge < -0.3 is 39.0 Å². The first kappa shape index (κ1) is 43.9. The second-order valence-electron chi connectivity index (χ2n) is 16.9. The predicted octanol–water partition coefficient (Wildman–Crippen LogP) is 8.42. The van der Waals surface area contributed by atoms with Crippen LogP contribution in [-0.4, -0.2) is 88.6 Å². The molecule has 2 unspecified atom stereocenters. The lowest BCUT2D eigenvalue weighted by Crippen LogP contribution is -2.42. The van der Waals surface area contributed by atoms with Crippen molar-refractivity contribution in [2.75, 3.05) is 37.1 Å². The molecule has 2 N–H and O–H groups in total. The van der Waals surface area contributed by atoms with E-state index in [1.54, 1.807) is 19.2 Å². The fraction of sp³-hybridized carbons (Fsp3) is 0.280. The third kappa shape index (κ3) is 8.98. The SMILES string of the molecule is Cc1noc(C)c1-c1ccc2c(c1)C(c1ccccc1)N(Cc1cn(CCOCCOCCn3cc(CN4C(=O)Nc5ccc(-c6c(C)noc6C)cc5C4c4ccccc4)nn3)nn1)C(=O)N2. The number of carbonyl (C=O) groups is 2. The van der Waals surface area contributed by atoms with Gasteiger partial charge in [0.05, 0.1) is 88.5 Å². The summed E-state index contributed by atoms with van der Waals surface area (Å²) in [6.45, 7) is 10.6. The van der Waals surface area contributed by atoms with Crippen molar-refractivity contribution in [3.8, 4) is 22.3 Å². The number of carbonyl (C=O) groups excluding carboxylic acids is 2. The van der Waals surface area contributed by atoms with Crippen molar-refractivity contribution >= 4 is 23.4 Å². The van der Waals surface area contributed by atoms with E-state index in [2.05, 4.69) is 53.7 Å². The smallest absolute Gasteiger partial charge is 0.323 e. The van der Waals surface area contributed by atoms with Crippen LogP contribution in [0.2, 0.25) is 0 Å². The highest BCUT2D eigenvalue weighted by atomic mass is 16.5. The Bertz CT molecular complexity index is 2830. The minimum Gasteiger partial charge on any atom is -0.377 e. The molecule has 4 aromatic heterocycles. The van der Waals surface area contributed by atoms with E-state index in [0.29, 0.717) is 50.9 Å². The number of aromatic nitrogens is 8. The second-order valence-corrected chi connectivity index (χ2v) is 16.9. The zero-order valence-electron chi connectivity index (χ0n) is 38.1. The van der Waals surface area contributed by atoms with Gasteiger partial charge in [0.15, 0.2) is 0 Å². The van der Waals surface area contributed by atoms with Crippen molar-refractivity contribution in [1.29, 1.82) is 0 Å². The van der Waals surface area contributed by atoms with Crippen LogP contribution in [0.4, 0.5) is 21.0 Å². The number of nitrogens with zero attached hydrogens (tertiary/aromatic N) is 10. The Labute approximate surface area is 391 Å². The molecule has 0 radical (unpaired) electrons. The number of ether oxygens (including phenoxy) is 2. The summed E-state index contributed by atoms with van der Waals surface area (Å²) in [6.07, 6.45) is 3.68. The molecule has 18 heteroatoms. The van der Waals surface area contributed by atoms with Crippen LogP contribution in [0.15, 0.2) is 119 Å². The van der Waals surface area contributed by atoms with Gasteiger partial charge in [0.2, 0.25) is 0 Å². The van der Waals surface area contributed by atoms with Gasteiger partial charge in [0, 0.05) is 33.6 Å². The second kappa shape index (κ2) is 19.1. The highest BCUT2D eigenvalue weighted by Gasteiger charge is 2.36. The maximum Gasteiger partial charge on any atom is 0.323 e. The number of urea groups is 2. The van der Waals surface area contributed by atoms with Crippen molar-refractivity contribution < 1.29 is 28.1 Å². The van der Waals surface area contributed by atoms with Crippen LogP contribution >= 0.6 is 0 Å². The van der Waals surface area contributed by atoms with Crippen molar-refractivity contribution in [1.82, 2.24) is 50.1 Å². The van der Waals surface area contributed by atoms with E-state index in [0.717, 1.165) is 78.8 Å². The number of rotatable bonds is 17. The van der Waals surface area contributed by atoms with Crippen LogP contribution < -0.4 is 10.6 Å². The largest absolute Gasteiger partial charge is 0.377 e. The molecule has 18 nitrogen and oxygen atoms in total. The Balaban J connectivity index is 0.707. The number of fused-ring (bicyclic) bond motifs is 2. The van der Waals surface area contributed by atoms with Crippen LogP contribution in [0.25, 0.3) is 22.3 Å². The molecule has 4 aromatic carbocycles. The number of benzene rings is 4. The zero-order chi connectivity index (χ0) is 46.7. The Morgan fingerprint density at radius 2 is 0.985 bits per heavy atom. The Morgan fingerprint density at radius 3 is 1.38 bits per heavy atom. The highest BCUT2D eigenvalue weighted by molar-refractivity contribution is 5.95. The first-order chi connectivity index (χ1) is 33.2. The van der Waals surface area contributed by atoms with Crippen LogP contribution in [-0.2, 0) is 35.7 Å². The molecule has 346 valence electrons. The van der Waals surface area contributed by atoms with Gasteiger partial charge in [-0.3, -0.25) is 0 Å². The van der Waals surface area contributed by atoms with Gasteiger partial charge in [0.1, 0.15) is 22.9 Å². The molecule has 0 aliphatic carbocycles. The van der Waals surface area contributed by atoms with Crippen molar-refractivity contribution in [3.05, 3.63) is 166 Å². The fourth-order valence-corrected chi connectivity index (χ4v) is 9.19. The van der Waals surface area contributed by atoms with Crippen LogP contribution in [0, 0.1) is 27.7 Å². The molecule has 0 spiro atoms. The number of aryl methyl sites for hydroxylation is 4. The van der Waals surface area contributed by atoms with Crippen molar-refractivity contribution in [2.45, 2.75) is 66.0 Å². The monoisotopic (exact) mass is 914 g/mol. The van der Waals surface area contributed by atoms with Crippen LogP contribution in [0.3, 0.4) is 0 Å². The molecule has 2 aliphatic heterocycles. The van der Waals surface area contributed by atoms with E-state index in [1.807, 2.05) is 125 Å². The molecule has 6 heterocycles.